The zero-order valence-corrected chi connectivity index (χ0v) is 15.9. The second-order valence-corrected chi connectivity index (χ2v) is 7.43. The van der Waals surface area contributed by atoms with Crippen LogP contribution in [0.25, 0.3) is 10.9 Å². The van der Waals surface area contributed by atoms with Crippen LogP contribution >= 0.6 is 0 Å². The molecule has 2 aromatic rings. The second-order valence-electron chi connectivity index (χ2n) is 7.43. The number of alkyl halides is 1. The van der Waals surface area contributed by atoms with E-state index in [0.717, 1.165) is 0 Å². The molecule has 0 amide bonds. The molecule has 1 heterocycles. The van der Waals surface area contributed by atoms with Crippen molar-refractivity contribution in [2.75, 3.05) is 0 Å². The van der Waals surface area contributed by atoms with Crippen LogP contribution in [0.15, 0.2) is 65.8 Å². The van der Waals surface area contributed by atoms with Crippen LogP contribution in [0.1, 0.15) is 43.0 Å². The molecule has 1 atom stereocenters. The molecule has 0 saturated carbocycles. The SMILES string of the molecule is CC1(F)CC=CC=C1Oc1ccnc2ccc(C(=O)C3=C(O)CCCC3=O)cc12. The van der Waals surface area contributed by atoms with Gasteiger partial charge in [0.2, 0.25) is 0 Å². The summed E-state index contributed by atoms with van der Waals surface area (Å²) >= 11 is 0. The van der Waals surface area contributed by atoms with Gasteiger partial charge in [0.1, 0.15) is 22.8 Å². The normalized spacial score (nSPS) is 22.0. The van der Waals surface area contributed by atoms with E-state index in [0.29, 0.717) is 29.5 Å². The van der Waals surface area contributed by atoms with Crippen molar-refractivity contribution >= 4 is 22.5 Å². The first-order chi connectivity index (χ1) is 13.9. The molecule has 1 N–H and O–H groups in total. The number of allylic oxidation sites excluding steroid dienone is 6. The first-order valence-corrected chi connectivity index (χ1v) is 9.50. The van der Waals surface area contributed by atoms with Crippen molar-refractivity contribution in [3.8, 4) is 5.75 Å². The van der Waals surface area contributed by atoms with Crippen molar-refractivity contribution in [3.63, 3.8) is 0 Å². The molecule has 0 aliphatic heterocycles. The summed E-state index contributed by atoms with van der Waals surface area (Å²) in [5.41, 5.74) is -0.978. The van der Waals surface area contributed by atoms with Gasteiger partial charge in [-0.3, -0.25) is 14.6 Å². The average molecular weight is 393 g/mol. The van der Waals surface area contributed by atoms with Crippen molar-refractivity contribution in [2.24, 2.45) is 0 Å². The third-order valence-corrected chi connectivity index (χ3v) is 5.19. The lowest BCUT2D eigenvalue weighted by Crippen LogP contribution is -2.25. The topological polar surface area (TPSA) is 76.5 Å². The number of benzene rings is 1. The second kappa shape index (κ2) is 7.28. The number of hydrogen-bond donors (Lipinski definition) is 1. The Morgan fingerprint density at radius 3 is 2.86 bits per heavy atom. The number of aliphatic hydroxyl groups is 1. The van der Waals surface area contributed by atoms with Crippen molar-refractivity contribution in [1.82, 2.24) is 4.98 Å². The standard InChI is InChI=1S/C23H20FNO4/c1-23(24)11-3-2-7-20(23)29-19-10-12-25-16-9-8-14(13-15(16)19)22(28)21-17(26)5-4-6-18(21)27/h2-3,7-10,12-13,26H,4-6,11H2,1H3. The predicted octanol–water partition coefficient (Wildman–Crippen LogP) is 4.93. The highest BCUT2D eigenvalue weighted by atomic mass is 19.1. The van der Waals surface area contributed by atoms with Gasteiger partial charge in [0, 0.05) is 36.4 Å². The van der Waals surface area contributed by atoms with Gasteiger partial charge in [0.15, 0.2) is 17.2 Å². The van der Waals surface area contributed by atoms with Gasteiger partial charge in [-0.15, -0.1) is 0 Å². The van der Waals surface area contributed by atoms with E-state index in [9.17, 15) is 19.1 Å². The Morgan fingerprint density at radius 1 is 1.28 bits per heavy atom. The quantitative estimate of drug-likeness (QED) is 0.589. The Morgan fingerprint density at radius 2 is 2.10 bits per heavy atom. The lowest BCUT2D eigenvalue weighted by atomic mass is 9.90. The van der Waals surface area contributed by atoms with Crippen LogP contribution < -0.4 is 4.74 Å². The van der Waals surface area contributed by atoms with E-state index in [4.69, 9.17) is 4.74 Å². The highest BCUT2D eigenvalue weighted by molar-refractivity contribution is 6.27. The number of carbonyl (C=O) groups is 2. The minimum absolute atomic E-state index is 0.154. The number of fused-ring (bicyclic) bond motifs is 1. The maximum Gasteiger partial charge on any atom is 0.200 e. The number of aromatic nitrogens is 1. The fraction of sp³-hybridized carbons (Fsp3) is 0.261. The average Bonchev–Trinajstić information content (AvgIpc) is 2.69. The number of pyridine rings is 1. The van der Waals surface area contributed by atoms with E-state index < -0.39 is 11.5 Å². The van der Waals surface area contributed by atoms with Crippen LogP contribution in [0.5, 0.6) is 5.75 Å². The number of Topliss-reactive ketones (excluding diaryl/α,β-unsaturated/α-hetero) is 2. The molecule has 0 saturated heterocycles. The predicted molar refractivity (Wildman–Crippen MR) is 107 cm³/mol. The molecular weight excluding hydrogens is 373 g/mol. The summed E-state index contributed by atoms with van der Waals surface area (Å²) in [6.45, 7) is 1.45. The van der Waals surface area contributed by atoms with E-state index in [1.807, 2.05) is 0 Å². The molecule has 1 unspecified atom stereocenters. The molecule has 29 heavy (non-hydrogen) atoms. The van der Waals surface area contributed by atoms with Gasteiger partial charge in [0.05, 0.1) is 5.52 Å². The molecule has 2 aliphatic rings. The summed E-state index contributed by atoms with van der Waals surface area (Å²) in [5, 5.41) is 10.6. The highest BCUT2D eigenvalue weighted by Gasteiger charge is 2.32. The third-order valence-electron chi connectivity index (χ3n) is 5.19. The zero-order chi connectivity index (χ0) is 20.6. The summed E-state index contributed by atoms with van der Waals surface area (Å²) in [6.07, 6.45) is 7.89. The first-order valence-electron chi connectivity index (χ1n) is 9.50. The zero-order valence-electron chi connectivity index (χ0n) is 15.9. The minimum atomic E-state index is -1.64. The maximum absolute atomic E-state index is 14.8. The number of hydrogen-bond acceptors (Lipinski definition) is 5. The van der Waals surface area contributed by atoms with E-state index >= 15 is 0 Å². The maximum atomic E-state index is 14.8. The number of rotatable bonds is 4. The molecule has 1 aromatic heterocycles. The highest BCUT2D eigenvalue weighted by Crippen LogP contribution is 2.34. The van der Waals surface area contributed by atoms with Crippen LogP contribution in [0, 0.1) is 0 Å². The molecular formula is C23H20FNO4. The molecule has 0 bridgehead atoms. The minimum Gasteiger partial charge on any atom is -0.511 e. The van der Waals surface area contributed by atoms with Gasteiger partial charge < -0.3 is 9.84 Å². The molecule has 2 aliphatic carbocycles. The Kier molecular flexibility index (Phi) is 4.78. The number of nitrogens with zero attached hydrogens (tertiary/aromatic N) is 1. The number of carbonyl (C=O) groups excluding carboxylic acids is 2. The van der Waals surface area contributed by atoms with Gasteiger partial charge >= 0.3 is 0 Å². The molecule has 0 radical (unpaired) electrons. The summed E-state index contributed by atoms with van der Waals surface area (Å²) in [5.74, 6) is -0.510. The van der Waals surface area contributed by atoms with Crippen LogP contribution in [0.4, 0.5) is 4.39 Å². The first kappa shape index (κ1) is 19.1. The molecule has 1 aromatic carbocycles. The summed E-state index contributed by atoms with van der Waals surface area (Å²) in [6, 6.07) is 6.38. The van der Waals surface area contributed by atoms with Gasteiger partial charge in [-0.25, -0.2) is 4.39 Å². The van der Waals surface area contributed by atoms with E-state index in [2.05, 4.69) is 4.98 Å². The van der Waals surface area contributed by atoms with Gasteiger partial charge in [-0.2, -0.15) is 0 Å². The number of ether oxygens (including phenoxy) is 1. The van der Waals surface area contributed by atoms with Crippen LogP contribution in [-0.2, 0) is 4.79 Å². The number of ketones is 2. The largest absolute Gasteiger partial charge is 0.511 e. The number of aliphatic hydroxyl groups excluding tert-OH is 1. The Hall–Kier alpha value is -3.28. The smallest absolute Gasteiger partial charge is 0.200 e. The van der Waals surface area contributed by atoms with E-state index in [1.165, 1.54) is 6.92 Å². The Balaban J connectivity index is 1.75. The van der Waals surface area contributed by atoms with Crippen LogP contribution in [0.2, 0.25) is 0 Å². The van der Waals surface area contributed by atoms with E-state index in [1.54, 1.807) is 48.7 Å². The van der Waals surface area contributed by atoms with Gasteiger partial charge in [-0.1, -0.05) is 12.2 Å². The van der Waals surface area contributed by atoms with Crippen molar-refractivity contribution in [3.05, 3.63) is 71.3 Å². The molecule has 4 rings (SSSR count). The van der Waals surface area contributed by atoms with Crippen LogP contribution in [0.3, 0.4) is 0 Å². The molecule has 6 heteroatoms. The molecule has 148 valence electrons. The number of halogens is 1. The van der Waals surface area contributed by atoms with Crippen molar-refractivity contribution < 1.29 is 23.8 Å². The fourth-order valence-electron chi connectivity index (χ4n) is 3.56. The molecule has 0 spiro atoms. The van der Waals surface area contributed by atoms with Crippen molar-refractivity contribution in [1.29, 1.82) is 0 Å². The van der Waals surface area contributed by atoms with Crippen LogP contribution in [-0.4, -0.2) is 27.3 Å². The molecule has 0 fully saturated rings. The summed E-state index contributed by atoms with van der Waals surface area (Å²) < 4.78 is 20.6. The van der Waals surface area contributed by atoms with Gasteiger partial charge in [-0.05, 0) is 43.7 Å². The third kappa shape index (κ3) is 3.58. The Bertz CT molecular complexity index is 1110. The summed E-state index contributed by atoms with van der Waals surface area (Å²) in [4.78, 5) is 29.3. The Labute approximate surface area is 167 Å². The van der Waals surface area contributed by atoms with E-state index in [-0.39, 0.29) is 41.3 Å². The monoisotopic (exact) mass is 393 g/mol. The lowest BCUT2D eigenvalue weighted by molar-refractivity contribution is -0.116. The fourth-order valence-corrected chi connectivity index (χ4v) is 3.56. The van der Waals surface area contributed by atoms with Gasteiger partial charge in [0.25, 0.3) is 0 Å². The molecule has 5 nitrogen and oxygen atoms in total. The lowest BCUT2D eigenvalue weighted by Gasteiger charge is -2.25. The summed E-state index contributed by atoms with van der Waals surface area (Å²) in [7, 11) is 0. The van der Waals surface area contributed by atoms with Crippen molar-refractivity contribution in [2.45, 2.75) is 38.3 Å².